The lowest BCUT2D eigenvalue weighted by atomic mass is 10.2. The SMILES string of the molecule is N#Cc1ccc(NC(=O)Nc2ccc(Oc3ccccc3)cc2)cc1. The van der Waals surface area contributed by atoms with Crippen LogP contribution in [0, 0.1) is 11.3 Å². The van der Waals surface area contributed by atoms with E-state index in [1.54, 1.807) is 48.5 Å². The van der Waals surface area contributed by atoms with Crippen LogP contribution in [-0.4, -0.2) is 6.03 Å². The third kappa shape index (κ3) is 4.60. The first-order valence-electron chi connectivity index (χ1n) is 7.64. The van der Waals surface area contributed by atoms with E-state index >= 15 is 0 Å². The highest BCUT2D eigenvalue weighted by atomic mass is 16.5. The van der Waals surface area contributed by atoms with Crippen LogP contribution in [0.1, 0.15) is 5.56 Å². The molecule has 0 aliphatic heterocycles. The summed E-state index contributed by atoms with van der Waals surface area (Å²) in [5.74, 6) is 1.44. The molecule has 25 heavy (non-hydrogen) atoms. The molecular formula is C20H15N3O2. The Morgan fingerprint density at radius 2 is 1.28 bits per heavy atom. The van der Waals surface area contributed by atoms with Crippen LogP contribution in [0.3, 0.4) is 0 Å². The van der Waals surface area contributed by atoms with Crippen molar-refractivity contribution in [3.05, 3.63) is 84.4 Å². The highest BCUT2D eigenvalue weighted by Gasteiger charge is 2.04. The Kier molecular flexibility index (Phi) is 4.93. The number of nitrogens with zero attached hydrogens (tertiary/aromatic N) is 1. The number of para-hydroxylation sites is 1. The maximum Gasteiger partial charge on any atom is 0.323 e. The summed E-state index contributed by atoms with van der Waals surface area (Å²) in [5.41, 5.74) is 1.80. The van der Waals surface area contributed by atoms with E-state index in [4.69, 9.17) is 10.00 Å². The third-order valence-corrected chi connectivity index (χ3v) is 3.36. The van der Waals surface area contributed by atoms with Crippen molar-refractivity contribution >= 4 is 17.4 Å². The summed E-state index contributed by atoms with van der Waals surface area (Å²) in [6.07, 6.45) is 0. The van der Waals surface area contributed by atoms with Crippen LogP contribution in [0.4, 0.5) is 16.2 Å². The average Bonchev–Trinajstić information content (AvgIpc) is 2.65. The van der Waals surface area contributed by atoms with Gasteiger partial charge in [-0.05, 0) is 60.7 Å². The van der Waals surface area contributed by atoms with Gasteiger partial charge >= 0.3 is 6.03 Å². The summed E-state index contributed by atoms with van der Waals surface area (Å²) < 4.78 is 5.70. The topological polar surface area (TPSA) is 74.2 Å². The van der Waals surface area contributed by atoms with E-state index in [1.165, 1.54) is 0 Å². The van der Waals surface area contributed by atoms with Crippen LogP contribution in [0.5, 0.6) is 11.5 Å². The lowest BCUT2D eigenvalue weighted by Gasteiger charge is -2.09. The number of urea groups is 1. The normalized spacial score (nSPS) is 9.72. The van der Waals surface area contributed by atoms with Gasteiger partial charge in [-0.2, -0.15) is 5.26 Å². The van der Waals surface area contributed by atoms with E-state index in [0.717, 1.165) is 5.75 Å². The zero-order chi connectivity index (χ0) is 17.5. The van der Waals surface area contributed by atoms with Crippen LogP contribution in [0.2, 0.25) is 0 Å². The monoisotopic (exact) mass is 329 g/mol. The van der Waals surface area contributed by atoms with E-state index < -0.39 is 0 Å². The van der Waals surface area contributed by atoms with Crippen molar-refractivity contribution in [3.63, 3.8) is 0 Å². The smallest absolute Gasteiger partial charge is 0.323 e. The van der Waals surface area contributed by atoms with Crippen LogP contribution < -0.4 is 15.4 Å². The molecule has 0 fully saturated rings. The molecule has 2 N–H and O–H groups in total. The number of benzene rings is 3. The first-order valence-corrected chi connectivity index (χ1v) is 7.64. The van der Waals surface area contributed by atoms with Crippen molar-refractivity contribution < 1.29 is 9.53 Å². The molecule has 0 aliphatic carbocycles. The number of nitriles is 1. The first-order chi connectivity index (χ1) is 12.2. The van der Waals surface area contributed by atoms with Crippen molar-refractivity contribution in [2.45, 2.75) is 0 Å². The van der Waals surface area contributed by atoms with Gasteiger partial charge in [-0.25, -0.2) is 4.79 Å². The third-order valence-electron chi connectivity index (χ3n) is 3.36. The number of carbonyl (C=O) groups is 1. The maximum absolute atomic E-state index is 12.0. The minimum atomic E-state index is -0.360. The predicted molar refractivity (Wildman–Crippen MR) is 96.8 cm³/mol. The predicted octanol–water partition coefficient (Wildman–Crippen LogP) is 4.99. The summed E-state index contributed by atoms with van der Waals surface area (Å²) in [6, 6.07) is 24.9. The number of hydrogen-bond donors (Lipinski definition) is 2. The molecular weight excluding hydrogens is 314 g/mol. The molecule has 0 aromatic heterocycles. The quantitative estimate of drug-likeness (QED) is 0.708. The lowest BCUT2D eigenvalue weighted by Crippen LogP contribution is -2.19. The fourth-order valence-electron chi connectivity index (χ4n) is 2.15. The molecule has 0 saturated carbocycles. The molecule has 122 valence electrons. The summed E-state index contributed by atoms with van der Waals surface area (Å²) in [5, 5.41) is 14.2. The number of hydrogen-bond acceptors (Lipinski definition) is 3. The minimum absolute atomic E-state index is 0.360. The Balaban J connectivity index is 1.57. The van der Waals surface area contributed by atoms with Gasteiger partial charge < -0.3 is 15.4 Å². The van der Waals surface area contributed by atoms with E-state index in [1.807, 2.05) is 36.4 Å². The Labute approximate surface area is 145 Å². The van der Waals surface area contributed by atoms with Crippen molar-refractivity contribution in [1.29, 1.82) is 5.26 Å². The van der Waals surface area contributed by atoms with Gasteiger partial charge in [0.2, 0.25) is 0 Å². The summed E-state index contributed by atoms with van der Waals surface area (Å²) in [6.45, 7) is 0. The molecule has 0 saturated heterocycles. The average molecular weight is 329 g/mol. The molecule has 3 aromatic carbocycles. The molecule has 0 aliphatic rings. The van der Waals surface area contributed by atoms with Gasteiger partial charge in [-0.15, -0.1) is 0 Å². The number of nitrogens with one attached hydrogen (secondary N) is 2. The van der Waals surface area contributed by atoms with Crippen LogP contribution in [0.25, 0.3) is 0 Å². The van der Waals surface area contributed by atoms with Gasteiger partial charge in [-0.3, -0.25) is 0 Å². The van der Waals surface area contributed by atoms with Gasteiger partial charge in [0.05, 0.1) is 11.6 Å². The number of rotatable bonds is 4. The second-order valence-corrected chi connectivity index (χ2v) is 5.21. The Morgan fingerprint density at radius 3 is 1.84 bits per heavy atom. The fourth-order valence-corrected chi connectivity index (χ4v) is 2.15. The maximum atomic E-state index is 12.0. The molecule has 0 atom stereocenters. The molecule has 0 heterocycles. The first kappa shape index (κ1) is 16.1. The zero-order valence-corrected chi connectivity index (χ0v) is 13.3. The van der Waals surface area contributed by atoms with Gasteiger partial charge in [0, 0.05) is 11.4 Å². The highest BCUT2D eigenvalue weighted by molar-refractivity contribution is 5.99. The number of carbonyl (C=O) groups excluding carboxylic acids is 1. The van der Waals surface area contributed by atoms with E-state index in [2.05, 4.69) is 10.6 Å². The molecule has 0 unspecified atom stereocenters. The Hall–Kier alpha value is -3.78. The van der Waals surface area contributed by atoms with Crippen LogP contribution in [0.15, 0.2) is 78.9 Å². The van der Waals surface area contributed by atoms with Crippen molar-refractivity contribution in [1.82, 2.24) is 0 Å². The van der Waals surface area contributed by atoms with Gasteiger partial charge in [0.1, 0.15) is 11.5 Å². The number of anilines is 2. The van der Waals surface area contributed by atoms with Gasteiger partial charge in [-0.1, -0.05) is 18.2 Å². The molecule has 0 radical (unpaired) electrons. The van der Waals surface area contributed by atoms with Gasteiger partial charge in [0.15, 0.2) is 0 Å². The molecule has 3 rings (SSSR count). The summed E-state index contributed by atoms with van der Waals surface area (Å²) >= 11 is 0. The highest BCUT2D eigenvalue weighted by Crippen LogP contribution is 2.22. The van der Waals surface area contributed by atoms with Crippen molar-refractivity contribution in [2.24, 2.45) is 0 Å². The van der Waals surface area contributed by atoms with Gasteiger partial charge in [0.25, 0.3) is 0 Å². The standard InChI is InChI=1S/C20H15N3O2/c21-14-15-6-8-16(9-7-15)22-20(24)23-17-10-12-19(13-11-17)25-18-4-2-1-3-5-18/h1-13H,(H2,22,23,24). The number of amides is 2. The van der Waals surface area contributed by atoms with Crippen LogP contribution >= 0.6 is 0 Å². The van der Waals surface area contributed by atoms with E-state index in [0.29, 0.717) is 22.7 Å². The molecule has 3 aromatic rings. The fraction of sp³-hybridized carbons (Fsp3) is 0. The van der Waals surface area contributed by atoms with E-state index in [-0.39, 0.29) is 6.03 Å². The molecule has 5 heteroatoms. The van der Waals surface area contributed by atoms with Crippen LogP contribution in [-0.2, 0) is 0 Å². The Bertz CT molecular complexity index is 883. The second kappa shape index (κ2) is 7.66. The van der Waals surface area contributed by atoms with E-state index in [9.17, 15) is 4.79 Å². The summed E-state index contributed by atoms with van der Waals surface area (Å²) in [7, 11) is 0. The molecule has 0 bridgehead atoms. The zero-order valence-electron chi connectivity index (χ0n) is 13.3. The second-order valence-electron chi connectivity index (χ2n) is 5.21. The molecule has 0 spiro atoms. The molecule has 5 nitrogen and oxygen atoms in total. The van der Waals surface area contributed by atoms with Crippen molar-refractivity contribution in [2.75, 3.05) is 10.6 Å². The van der Waals surface area contributed by atoms with Crippen molar-refractivity contribution in [3.8, 4) is 17.6 Å². The number of ether oxygens (including phenoxy) is 1. The largest absolute Gasteiger partial charge is 0.457 e. The summed E-state index contributed by atoms with van der Waals surface area (Å²) in [4.78, 5) is 12.0. The molecule has 2 amide bonds. The lowest BCUT2D eigenvalue weighted by molar-refractivity contribution is 0.262. The minimum Gasteiger partial charge on any atom is -0.457 e. The Morgan fingerprint density at radius 1 is 0.760 bits per heavy atom.